The first-order valence-corrected chi connectivity index (χ1v) is 6.55. The van der Waals surface area contributed by atoms with Gasteiger partial charge in [-0.2, -0.15) is 15.5 Å². The average molecular weight is 308 g/mol. The number of carbonyl (C=O) groups is 1. The van der Waals surface area contributed by atoms with Crippen molar-refractivity contribution in [2.45, 2.75) is 0 Å². The van der Waals surface area contributed by atoms with Gasteiger partial charge in [-0.1, -0.05) is 30.3 Å². The molecule has 0 atom stereocenters. The summed E-state index contributed by atoms with van der Waals surface area (Å²) < 4.78 is 5.11. The average Bonchev–Trinajstić information content (AvgIpc) is 2.58. The molecular formula is C16H12N4O3. The van der Waals surface area contributed by atoms with Gasteiger partial charge in [0.15, 0.2) is 0 Å². The lowest BCUT2D eigenvalue weighted by molar-refractivity contribution is -0.134. The van der Waals surface area contributed by atoms with Crippen LogP contribution in [0.25, 0.3) is 11.1 Å². The number of benzene rings is 1. The second-order valence-corrected chi connectivity index (χ2v) is 4.43. The first-order chi connectivity index (χ1) is 11.1. The molecule has 114 valence electrons. The number of anilines is 1. The number of nitriles is 2. The number of nitrogens with zero attached hydrogens (tertiary/aromatic N) is 3. The van der Waals surface area contributed by atoms with Gasteiger partial charge >= 0.3 is 5.97 Å². The van der Waals surface area contributed by atoms with Gasteiger partial charge in [-0.15, -0.1) is 0 Å². The molecule has 0 fully saturated rings. The highest BCUT2D eigenvalue weighted by Gasteiger charge is 2.22. The molecule has 1 aromatic carbocycles. The van der Waals surface area contributed by atoms with Gasteiger partial charge in [0.25, 0.3) is 0 Å². The molecule has 0 aliphatic heterocycles. The highest BCUT2D eigenvalue weighted by atomic mass is 16.5. The zero-order chi connectivity index (χ0) is 16.8. The van der Waals surface area contributed by atoms with E-state index in [1.54, 1.807) is 24.3 Å². The van der Waals surface area contributed by atoms with Crippen LogP contribution < -0.4 is 10.1 Å². The minimum absolute atomic E-state index is 0.0261. The number of carboxylic acid groups (broad SMARTS) is 1. The van der Waals surface area contributed by atoms with Crippen molar-refractivity contribution < 1.29 is 14.6 Å². The van der Waals surface area contributed by atoms with Gasteiger partial charge < -0.3 is 15.2 Å². The van der Waals surface area contributed by atoms with E-state index < -0.39 is 12.5 Å². The SMILES string of the molecule is COc1nc(NCC(=O)O)c(C#N)c(-c2ccccc2)c1C#N. The maximum atomic E-state index is 10.7. The van der Waals surface area contributed by atoms with E-state index in [-0.39, 0.29) is 22.8 Å². The Morgan fingerprint density at radius 3 is 2.43 bits per heavy atom. The van der Waals surface area contributed by atoms with Crippen molar-refractivity contribution >= 4 is 11.8 Å². The minimum Gasteiger partial charge on any atom is -0.480 e. The van der Waals surface area contributed by atoms with E-state index in [0.717, 1.165) is 0 Å². The lowest BCUT2D eigenvalue weighted by atomic mass is 9.96. The Morgan fingerprint density at radius 2 is 1.91 bits per heavy atom. The molecule has 0 saturated heterocycles. The molecular weight excluding hydrogens is 296 g/mol. The van der Waals surface area contributed by atoms with Gasteiger partial charge in [0.2, 0.25) is 5.88 Å². The van der Waals surface area contributed by atoms with Crippen LogP contribution in [0.5, 0.6) is 5.88 Å². The van der Waals surface area contributed by atoms with Crippen LogP contribution in [-0.2, 0) is 4.79 Å². The lowest BCUT2D eigenvalue weighted by Crippen LogP contribution is -2.15. The van der Waals surface area contributed by atoms with Crippen LogP contribution in [0.2, 0.25) is 0 Å². The number of ether oxygens (including phenoxy) is 1. The molecule has 0 aliphatic carbocycles. The number of aliphatic carboxylic acids is 1. The molecule has 23 heavy (non-hydrogen) atoms. The van der Waals surface area contributed by atoms with Crippen LogP contribution in [0.15, 0.2) is 30.3 Å². The van der Waals surface area contributed by atoms with E-state index in [4.69, 9.17) is 9.84 Å². The first kappa shape index (κ1) is 15.8. The molecule has 7 nitrogen and oxygen atoms in total. The summed E-state index contributed by atoms with van der Waals surface area (Å²) in [5, 5.41) is 30.3. The Morgan fingerprint density at radius 1 is 1.26 bits per heavy atom. The summed E-state index contributed by atoms with van der Waals surface area (Å²) in [4.78, 5) is 14.8. The Balaban J connectivity index is 2.75. The topological polar surface area (TPSA) is 119 Å². The normalized spacial score (nSPS) is 9.52. The second-order valence-electron chi connectivity index (χ2n) is 4.43. The third-order valence-corrected chi connectivity index (χ3v) is 3.05. The van der Waals surface area contributed by atoms with E-state index in [1.165, 1.54) is 7.11 Å². The predicted octanol–water partition coefficient (Wildman–Crippen LogP) is 2.00. The van der Waals surface area contributed by atoms with Crippen molar-refractivity contribution in [3.63, 3.8) is 0 Å². The standard InChI is InChI=1S/C16H12N4O3/c1-23-16-12(8-18)14(10-5-3-2-4-6-10)11(7-17)15(20-16)19-9-13(21)22/h2-6H,9H2,1H3,(H,19,20)(H,21,22). The van der Waals surface area contributed by atoms with Gasteiger partial charge in [-0.05, 0) is 5.56 Å². The molecule has 2 rings (SSSR count). The largest absolute Gasteiger partial charge is 0.480 e. The fourth-order valence-corrected chi connectivity index (χ4v) is 2.10. The summed E-state index contributed by atoms with van der Waals surface area (Å²) in [5.41, 5.74) is 1.21. The quantitative estimate of drug-likeness (QED) is 0.866. The number of hydrogen-bond donors (Lipinski definition) is 2. The Kier molecular flexibility index (Phi) is 4.75. The Labute approximate surface area is 132 Å². The Bertz CT molecular complexity index is 820. The van der Waals surface area contributed by atoms with Crippen LogP contribution in [0, 0.1) is 22.7 Å². The summed E-state index contributed by atoms with van der Waals surface area (Å²) in [6.45, 7) is -0.412. The molecule has 0 bridgehead atoms. The van der Waals surface area contributed by atoms with Crippen LogP contribution >= 0.6 is 0 Å². The zero-order valence-electron chi connectivity index (χ0n) is 12.2. The summed E-state index contributed by atoms with van der Waals surface area (Å²) in [7, 11) is 1.35. The summed E-state index contributed by atoms with van der Waals surface area (Å²) in [6.07, 6.45) is 0. The number of nitrogens with one attached hydrogen (secondary N) is 1. The summed E-state index contributed by atoms with van der Waals surface area (Å²) in [6, 6.07) is 12.8. The van der Waals surface area contributed by atoms with Crippen molar-refractivity contribution in [1.82, 2.24) is 4.98 Å². The van der Waals surface area contributed by atoms with Crippen LogP contribution in [0.3, 0.4) is 0 Å². The van der Waals surface area contributed by atoms with Crippen molar-refractivity contribution in [3.05, 3.63) is 41.5 Å². The van der Waals surface area contributed by atoms with Gasteiger partial charge in [-0.3, -0.25) is 4.79 Å². The van der Waals surface area contributed by atoms with Gasteiger partial charge in [0, 0.05) is 5.56 Å². The van der Waals surface area contributed by atoms with Crippen LogP contribution in [-0.4, -0.2) is 29.7 Å². The molecule has 0 aliphatic rings. The van der Waals surface area contributed by atoms with E-state index in [9.17, 15) is 15.3 Å². The molecule has 0 amide bonds. The molecule has 1 aromatic heterocycles. The molecule has 2 N–H and O–H groups in total. The number of methoxy groups -OCH3 is 1. The highest BCUT2D eigenvalue weighted by Crippen LogP contribution is 2.35. The molecule has 0 radical (unpaired) electrons. The van der Waals surface area contributed by atoms with E-state index in [2.05, 4.69) is 10.3 Å². The van der Waals surface area contributed by atoms with E-state index >= 15 is 0 Å². The minimum atomic E-state index is -1.10. The van der Waals surface area contributed by atoms with Crippen molar-refractivity contribution in [3.8, 4) is 29.1 Å². The predicted molar refractivity (Wildman–Crippen MR) is 81.8 cm³/mol. The number of rotatable bonds is 5. The summed E-state index contributed by atoms with van der Waals surface area (Å²) in [5.74, 6) is -1.01. The highest BCUT2D eigenvalue weighted by molar-refractivity contribution is 5.84. The van der Waals surface area contributed by atoms with Gasteiger partial charge in [0.1, 0.15) is 35.6 Å². The number of aromatic nitrogens is 1. The van der Waals surface area contributed by atoms with Crippen molar-refractivity contribution in [2.24, 2.45) is 0 Å². The van der Waals surface area contributed by atoms with Crippen molar-refractivity contribution in [2.75, 3.05) is 19.0 Å². The maximum absolute atomic E-state index is 10.7. The zero-order valence-corrected chi connectivity index (χ0v) is 12.2. The number of carboxylic acids is 1. The van der Waals surface area contributed by atoms with Crippen molar-refractivity contribution in [1.29, 1.82) is 10.5 Å². The first-order valence-electron chi connectivity index (χ1n) is 6.55. The molecule has 0 spiro atoms. The maximum Gasteiger partial charge on any atom is 0.322 e. The molecule has 7 heteroatoms. The van der Waals surface area contributed by atoms with Crippen LogP contribution in [0.1, 0.15) is 11.1 Å². The smallest absolute Gasteiger partial charge is 0.322 e. The summed E-state index contributed by atoms with van der Waals surface area (Å²) >= 11 is 0. The fraction of sp³-hybridized carbons (Fsp3) is 0.125. The molecule has 1 heterocycles. The molecule has 2 aromatic rings. The van der Waals surface area contributed by atoms with Gasteiger partial charge in [-0.25, -0.2) is 0 Å². The third-order valence-electron chi connectivity index (χ3n) is 3.05. The Hall–Kier alpha value is -3.58. The third kappa shape index (κ3) is 3.20. The monoisotopic (exact) mass is 308 g/mol. The van der Waals surface area contributed by atoms with Crippen LogP contribution in [0.4, 0.5) is 5.82 Å². The molecule has 0 saturated carbocycles. The van der Waals surface area contributed by atoms with Gasteiger partial charge in [0.05, 0.1) is 7.11 Å². The van der Waals surface area contributed by atoms with E-state index in [1.807, 2.05) is 18.2 Å². The molecule has 0 unspecified atom stereocenters. The number of pyridine rings is 1. The lowest BCUT2D eigenvalue weighted by Gasteiger charge is -2.14. The van der Waals surface area contributed by atoms with E-state index in [0.29, 0.717) is 11.1 Å². The number of hydrogen-bond acceptors (Lipinski definition) is 6. The fourth-order valence-electron chi connectivity index (χ4n) is 2.10. The second kappa shape index (κ2) is 6.92.